The maximum Gasteiger partial charge on any atom is 0.0335 e. The van der Waals surface area contributed by atoms with Crippen LogP contribution in [0.1, 0.15) is 36.4 Å². The molecule has 1 fully saturated rings. The standard InChI is InChI=1S/C17H27N3/c1-20-10-4-5-14(13-20)11-19-17-8-9-18-12-15-6-2-3-7-16(15)17/h2-3,6-7,14,17-19H,4-5,8-13H2,1H3. The summed E-state index contributed by atoms with van der Waals surface area (Å²) in [6, 6.07) is 9.41. The fourth-order valence-electron chi connectivity index (χ4n) is 3.62. The first-order chi connectivity index (χ1) is 9.83. The molecule has 0 amide bonds. The maximum atomic E-state index is 3.84. The van der Waals surface area contributed by atoms with E-state index in [2.05, 4.69) is 46.8 Å². The van der Waals surface area contributed by atoms with Gasteiger partial charge in [0.2, 0.25) is 0 Å². The predicted octanol–water partition coefficient (Wildman–Crippen LogP) is 2.15. The summed E-state index contributed by atoms with van der Waals surface area (Å²) in [5.41, 5.74) is 2.96. The molecule has 2 aliphatic rings. The smallest absolute Gasteiger partial charge is 0.0335 e. The Kier molecular flexibility index (Phi) is 4.71. The van der Waals surface area contributed by atoms with Crippen molar-refractivity contribution in [2.45, 2.75) is 31.8 Å². The van der Waals surface area contributed by atoms with Crippen LogP contribution in [0, 0.1) is 5.92 Å². The lowest BCUT2D eigenvalue weighted by molar-refractivity contribution is 0.202. The molecular formula is C17H27N3. The van der Waals surface area contributed by atoms with Gasteiger partial charge in [0.1, 0.15) is 0 Å². The summed E-state index contributed by atoms with van der Waals surface area (Å²) < 4.78 is 0. The largest absolute Gasteiger partial charge is 0.313 e. The normalized spacial score (nSPS) is 27.9. The summed E-state index contributed by atoms with van der Waals surface area (Å²) in [5.74, 6) is 0.817. The van der Waals surface area contributed by atoms with Gasteiger partial charge in [0, 0.05) is 19.1 Å². The van der Waals surface area contributed by atoms with Crippen molar-refractivity contribution in [1.29, 1.82) is 0 Å². The van der Waals surface area contributed by atoms with E-state index in [0.717, 1.165) is 25.6 Å². The van der Waals surface area contributed by atoms with Crippen molar-refractivity contribution in [3.63, 3.8) is 0 Å². The molecule has 110 valence electrons. The number of hydrogen-bond donors (Lipinski definition) is 2. The van der Waals surface area contributed by atoms with Crippen molar-refractivity contribution in [2.75, 3.05) is 33.2 Å². The van der Waals surface area contributed by atoms with E-state index in [1.54, 1.807) is 0 Å². The number of fused-ring (bicyclic) bond motifs is 1. The average molecular weight is 273 g/mol. The van der Waals surface area contributed by atoms with Crippen LogP contribution >= 0.6 is 0 Å². The summed E-state index contributed by atoms with van der Waals surface area (Å²) in [5, 5.41) is 7.37. The van der Waals surface area contributed by atoms with Crippen LogP contribution in [0.15, 0.2) is 24.3 Å². The lowest BCUT2D eigenvalue weighted by atomic mass is 9.95. The van der Waals surface area contributed by atoms with Crippen molar-refractivity contribution in [2.24, 2.45) is 5.92 Å². The molecule has 0 spiro atoms. The molecule has 20 heavy (non-hydrogen) atoms. The first-order valence-corrected chi connectivity index (χ1v) is 8.03. The van der Waals surface area contributed by atoms with E-state index in [1.807, 2.05) is 0 Å². The van der Waals surface area contributed by atoms with Crippen LogP contribution < -0.4 is 10.6 Å². The quantitative estimate of drug-likeness (QED) is 0.883. The Hall–Kier alpha value is -0.900. The lowest BCUT2D eigenvalue weighted by Gasteiger charge is -2.31. The average Bonchev–Trinajstić information content (AvgIpc) is 2.67. The number of benzene rings is 1. The van der Waals surface area contributed by atoms with Crippen molar-refractivity contribution in [1.82, 2.24) is 15.5 Å². The van der Waals surface area contributed by atoms with Gasteiger partial charge in [0.05, 0.1) is 0 Å². The summed E-state index contributed by atoms with van der Waals surface area (Å²) in [6.07, 6.45) is 3.93. The molecule has 1 aromatic rings. The Morgan fingerprint density at radius 3 is 3.10 bits per heavy atom. The SMILES string of the molecule is CN1CCCC(CNC2CCNCc3ccccc32)C1. The van der Waals surface area contributed by atoms with E-state index >= 15 is 0 Å². The highest BCUT2D eigenvalue weighted by Gasteiger charge is 2.21. The van der Waals surface area contributed by atoms with Gasteiger partial charge in [-0.1, -0.05) is 24.3 Å². The number of piperidine rings is 1. The first-order valence-electron chi connectivity index (χ1n) is 8.03. The van der Waals surface area contributed by atoms with Gasteiger partial charge in [-0.3, -0.25) is 0 Å². The summed E-state index contributed by atoms with van der Waals surface area (Å²) >= 11 is 0. The Balaban J connectivity index is 1.62. The van der Waals surface area contributed by atoms with Gasteiger partial charge in [0.25, 0.3) is 0 Å². The van der Waals surface area contributed by atoms with Crippen LogP contribution in [0.5, 0.6) is 0 Å². The van der Waals surface area contributed by atoms with E-state index < -0.39 is 0 Å². The molecule has 2 heterocycles. The van der Waals surface area contributed by atoms with E-state index in [0.29, 0.717) is 6.04 Å². The Morgan fingerprint density at radius 2 is 2.20 bits per heavy atom. The van der Waals surface area contributed by atoms with Gasteiger partial charge in [-0.15, -0.1) is 0 Å². The van der Waals surface area contributed by atoms with Gasteiger partial charge >= 0.3 is 0 Å². The third-order valence-electron chi connectivity index (χ3n) is 4.73. The van der Waals surface area contributed by atoms with Gasteiger partial charge in [-0.25, -0.2) is 0 Å². The van der Waals surface area contributed by atoms with Crippen LogP contribution in [0.2, 0.25) is 0 Å². The molecule has 0 radical (unpaired) electrons. The Morgan fingerprint density at radius 1 is 1.30 bits per heavy atom. The molecule has 2 unspecified atom stereocenters. The zero-order valence-electron chi connectivity index (χ0n) is 12.6. The zero-order chi connectivity index (χ0) is 13.8. The highest BCUT2D eigenvalue weighted by molar-refractivity contribution is 5.31. The highest BCUT2D eigenvalue weighted by atomic mass is 15.1. The first kappa shape index (κ1) is 14.1. The molecule has 3 rings (SSSR count). The number of nitrogens with one attached hydrogen (secondary N) is 2. The zero-order valence-corrected chi connectivity index (χ0v) is 12.6. The van der Waals surface area contributed by atoms with Gasteiger partial charge in [-0.05, 0) is 63.0 Å². The fourth-order valence-corrected chi connectivity index (χ4v) is 3.62. The Labute approximate surface area is 122 Å². The van der Waals surface area contributed by atoms with Crippen LogP contribution in [-0.4, -0.2) is 38.1 Å². The molecule has 0 aromatic heterocycles. The number of rotatable bonds is 3. The summed E-state index contributed by atoms with van der Waals surface area (Å²) in [4.78, 5) is 2.47. The van der Waals surface area contributed by atoms with Crippen LogP contribution in [0.3, 0.4) is 0 Å². The molecular weight excluding hydrogens is 246 g/mol. The van der Waals surface area contributed by atoms with Gasteiger partial charge < -0.3 is 15.5 Å². The minimum Gasteiger partial charge on any atom is -0.313 e. The third-order valence-corrected chi connectivity index (χ3v) is 4.73. The molecule has 2 aliphatic heterocycles. The molecule has 2 N–H and O–H groups in total. The summed E-state index contributed by atoms with van der Waals surface area (Å²) in [7, 11) is 2.25. The molecule has 0 saturated carbocycles. The van der Waals surface area contributed by atoms with E-state index in [1.165, 1.54) is 43.5 Å². The molecule has 3 heteroatoms. The maximum absolute atomic E-state index is 3.84. The second-order valence-corrected chi connectivity index (χ2v) is 6.40. The van der Waals surface area contributed by atoms with Crippen molar-refractivity contribution in [3.05, 3.63) is 35.4 Å². The van der Waals surface area contributed by atoms with Gasteiger partial charge in [0.15, 0.2) is 0 Å². The summed E-state index contributed by atoms with van der Waals surface area (Å²) in [6.45, 7) is 5.80. The second kappa shape index (κ2) is 6.70. The monoisotopic (exact) mass is 273 g/mol. The van der Waals surface area contributed by atoms with E-state index in [9.17, 15) is 0 Å². The minimum absolute atomic E-state index is 0.522. The fraction of sp³-hybridized carbons (Fsp3) is 0.647. The van der Waals surface area contributed by atoms with Crippen LogP contribution in [-0.2, 0) is 6.54 Å². The lowest BCUT2D eigenvalue weighted by Crippen LogP contribution is -2.38. The Bertz CT molecular complexity index is 432. The van der Waals surface area contributed by atoms with E-state index in [-0.39, 0.29) is 0 Å². The number of hydrogen-bond acceptors (Lipinski definition) is 3. The number of nitrogens with zero attached hydrogens (tertiary/aromatic N) is 1. The van der Waals surface area contributed by atoms with Crippen molar-refractivity contribution >= 4 is 0 Å². The predicted molar refractivity (Wildman–Crippen MR) is 83.7 cm³/mol. The van der Waals surface area contributed by atoms with Crippen LogP contribution in [0.4, 0.5) is 0 Å². The molecule has 3 nitrogen and oxygen atoms in total. The minimum atomic E-state index is 0.522. The molecule has 1 aromatic carbocycles. The number of likely N-dealkylation sites (tertiary alicyclic amines) is 1. The topological polar surface area (TPSA) is 27.3 Å². The molecule has 0 aliphatic carbocycles. The van der Waals surface area contributed by atoms with Gasteiger partial charge in [-0.2, -0.15) is 0 Å². The highest BCUT2D eigenvalue weighted by Crippen LogP contribution is 2.24. The molecule has 0 bridgehead atoms. The second-order valence-electron chi connectivity index (χ2n) is 6.40. The third kappa shape index (κ3) is 3.40. The molecule has 2 atom stereocenters. The van der Waals surface area contributed by atoms with Crippen molar-refractivity contribution in [3.8, 4) is 0 Å². The molecule has 1 saturated heterocycles. The van der Waals surface area contributed by atoms with E-state index in [4.69, 9.17) is 0 Å². The van der Waals surface area contributed by atoms with Crippen molar-refractivity contribution < 1.29 is 0 Å². The van der Waals surface area contributed by atoms with Crippen LogP contribution in [0.25, 0.3) is 0 Å².